The second-order valence-corrected chi connectivity index (χ2v) is 11.1. The van der Waals surface area contributed by atoms with Gasteiger partial charge in [-0.15, -0.1) is 0 Å². The number of para-hydroxylation sites is 1. The molecule has 7 aromatic carbocycles. The second kappa shape index (κ2) is 11.1. The van der Waals surface area contributed by atoms with Gasteiger partial charge in [-0.2, -0.15) is 0 Å². The minimum atomic E-state index is 0.872. The van der Waals surface area contributed by atoms with Gasteiger partial charge in [0.25, 0.3) is 0 Å². The van der Waals surface area contributed by atoms with Gasteiger partial charge in [0.05, 0.1) is 0 Å². The van der Waals surface area contributed by atoms with E-state index in [1.54, 1.807) is 0 Å². The minimum Gasteiger partial charge on any atom is -0.456 e. The molecule has 1 heterocycles. The van der Waals surface area contributed by atoms with Crippen LogP contribution in [0.2, 0.25) is 0 Å². The van der Waals surface area contributed by atoms with Gasteiger partial charge in [0, 0.05) is 28.0 Å². The highest BCUT2D eigenvalue weighted by molar-refractivity contribution is 5.88. The lowest BCUT2D eigenvalue weighted by Crippen LogP contribution is -2.09. The standard InChI is InChI=1S/C42H29NO/c1-2-8-30(9-3-1)32-16-22-38(23-17-32)43(40-26-20-34(21-27-40)42-29-37-12-6-7-13-41(37)44-42)39-24-18-33(19-25-39)36-15-14-31-10-4-5-11-35(31)28-36/h1-29H. The molecule has 0 bridgehead atoms. The van der Waals surface area contributed by atoms with Crippen molar-refractivity contribution < 1.29 is 4.42 Å². The van der Waals surface area contributed by atoms with Crippen LogP contribution in [0.5, 0.6) is 0 Å². The molecular formula is C42H29NO. The summed E-state index contributed by atoms with van der Waals surface area (Å²) in [6.07, 6.45) is 0. The Bertz CT molecular complexity index is 2160. The van der Waals surface area contributed by atoms with Crippen LogP contribution in [0.1, 0.15) is 0 Å². The lowest BCUT2D eigenvalue weighted by atomic mass is 10.0. The summed E-state index contributed by atoms with van der Waals surface area (Å²) in [5, 5.41) is 3.61. The number of hydrogen-bond acceptors (Lipinski definition) is 2. The number of rotatable bonds is 6. The van der Waals surface area contributed by atoms with Crippen LogP contribution in [0.3, 0.4) is 0 Å². The predicted octanol–water partition coefficient (Wildman–Crippen LogP) is 12.1. The van der Waals surface area contributed by atoms with E-state index in [1.807, 2.05) is 18.2 Å². The van der Waals surface area contributed by atoms with E-state index < -0.39 is 0 Å². The number of nitrogens with zero attached hydrogens (tertiary/aromatic N) is 1. The van der Waals surface area contributed by atoms with E-state index in [0.717, 1.165) is 39.4 Å². The molecule has 8 rings (SSSR count). The van der Waals surface area contributed by atoms with Gasteiger partial charge >= 0.3 is 0 Å². The maximum atomic E-state index is 6.15. The maximum absolute atomic E-state index is 6.15. The molecule has 208 valence electrons. The van der Waals surface area contributed by atoms with E-state index in [1.165, 1.54) is 33.0 Å². The van der Waals surface area contributed by atoms with Gasteiger partial charge < -0.3 is 9.32 Å². The number of hydrogen-bond donors (Lipinski definition) is 0. The highest BCUT2D eigenvalue weighted by Gasteiger charge is 2.15. The van der Waals surface area contributed by atoms with Crippen LogP contribution >= 0.6 is 0 Å². The van der Waals surface area contributed by atoms with E-state index in [-0.39, 0.29) is 0 Å². The van der Waals surface area contributed by atoms with Crippen LogP contribution in [0.25, 0.3) is 55.3 Å². The van der Waals surface area contributed by atoms with Crippen molar-refractivity contribution in [3.8, 4) is 33.6 Å². The van der Waals surface area contributed by atoms with Crippen molar-refractivity contribution in [2.75, 3.05) is 4.90 Å². The van der Waals surface area contributed by atoms with Crippen molar-refractivity contribution >= 4 is 38.8 Å². The lowest BCUT2D eigenvalue weighted by molar-refractivity contribution is 0.631. The molecule has 0 saturated carbocycles. The van der Waals surface area contributed by atoms with Crippen molar-refractivity contribution in [3.05, 3.63) is 176 Å². The summed E-state index contributed by atoms with van der Waals surface area (Å²) in [5.74, 6) is 0.872. The van der Waals surface area contributed by atoms with E-state index >= 15 is 0 Å². The van der Waals surface area contributed by atoms with E-state index in [0.29, 0.717) is 0 Å². The van der Waals surface area contributed by atoms with Gasteiger partial charge in [-0.25, -0.2) is 0 Å². The van der Waals surface area contributed by atoms with Gasteiger partial charge in [0.2, 0.25) is 0 Å². The molecule has 0 N–H and O–H groups in total. The second-order valence-electron chi connectivity index (χ2n) is 11.1. The van der Waals surface area contributed by atoms with Crippen LogP contribution in [0.4, 0.5) is 17.1 Å². The van der Waals surface area contributed by atoms with E-state index in [4.69, 9.17) is 4.42 Å². The molecule has 0 radical (unpaired) electrons. The Morgan fingerprint density at radius 1 is 0.318 bits per heavy atom. The Morgan fingerprint density at radius 3 is 1.43 bits per heavy atom. The molecule has 8 aromatic rings. The molecule has 0 spiro atoms. The first kappa shape index (κ1) is 25.8. The highest BCUT2D eigenvalue weighted by atomic mass is 16.3. The predicted molar refractivity (Wildman–Crippen MR) is 185 cm³/mol. The first-order valence-electron chi connectivity index (χ1n) is 14.9. The zero-order valence-electron chi connectivity index (χ0n) is 24.1. The summed E-state index contributed by atoms with van der Waals surface area (Å²) in [6, 6.07) is 62.2. The SMILES string of the molecule is c1ccc(-c2ccc(N(c3ccc(-c4ccc5ccccc5c4)cc3)c3ccc(-c4cc5ccccc5o4)cc3)cc2)cc1. The average Bonchev–Trinajstić information content (AvgIpc) is 3.54. The van der Waals surface area contributed by atoms with Gasteiger partial charge in [-0.05, 0) is 99.8 Å². The fraction of sp³-hybridized carbons (Fsp3) is 0. The number of benzene rings is 7. The monoisotopic (exact) mass is 563 g/mol. The summed E-state index contributed by atoms with van der Waals surface area (Å²) >= 11 is 0. The molecule has 0 amide bonds. The molecule has 1 aromatic heterocycles. The third kappa shape index (κ3) is 4.93. The average molecular weight is 564 g/mol. The third-order valence-corrected chi connectivity index (χ3v) is 8.28. The zero-order chi connectivity index (χ0) is 29.3. The first-order valence-corrected chi connectivity index (χ1v) is 14.9. The van der Waals surface area contributed by atoms with Crippen LogP contribution in [-0.2, 0) is 0 Å². The molecular weight excluding hydrogens is 534 g/mol. The van der Waals surface area contributed by atoms with Crippen LogP contribution < -0.4 is 4.90 Å². The number of furan rings is 1. The summed E-state index contributed by atoms with van der Waals surface area (Å²) in [7, 11) is 0. The smallest absolute Gasteiger partial charge is 0.135 e. The van der Waals surface area contributed by atoms with Gasteiger partial charge in [0.1, 0.15) is 11.3 Å². The van der Waals surface area contributed by atoms with E-state index in [9.17, 15) is 0 Å². The molecule has 2 nitrogen and oxygen atoms in total. The quantitative estimate of drug-likeness (QED) is 0.200. The zero-order valence-corrected chi connectivity index (χ0v) is 24.1. The summed E-state index contributed by atoms with van der Waals surface area (Å²) < 4.78 is 6.15. The highest BCUT2D eigenvalue weighted by Crippen LogP contribution is 2.38. The normalized spacial score (nSPS) is 11.2. The van der Waals surface area contributed by atoms with Crippen LogP contribution in [0, 0.1) is 0 Å². The van der Waals surface area contributed by atoms with Crippen LogP contribution in [0.15, 0.2) is 180 Å². The molecule has 0 aliphatic carbocycles. The fourth-order valence-corrected chi connectivity index (χ4v) is 5.95. The minimum absolute atomic E-state index is 0.872. The largest absolute Gasteiger partial charge is 0.456 e. The van der Waals surface area contributed by atoms with Crippen molar-refractivity contribution in [1.82, 2.24) is 0 Å². The summed E-state index contributed by atoms with van der Waals surface area (Å²) in [5.41, 5.74) is 10.0. The van der Waals surface area contributed by atoms with Gasteiger partial charge in [-0.3, -0.25) is 0 Å². The Labute approximate surface area is 257 Å². The Balaban J connectivity index is 1.17. The fourth-order valence-electron chi connectivity index (χ4n) is 5.95. The molecule has 0 aliphatic rings. The van der Waals surface area contributed by atoms with Crippen molar-refractivity contribution in [2.24, 2.45) is 0 Å². The molecule has 2 heteroatoms. The Morgan fingerprint density at radius 2 is 0.795 bits per heavy atom. The van der Waals surface area contributed by atoms with Crippen molar-refractivity contribution in [1.29, 1.82) is 0 Å². The van der Waals surface area contributed by atoms with E-state index in [2.05, 4.69) is 163 Å². The van der Waals surface area contributed by atoms with Gasteiger partial charge in [-0.1, -0.05) is 109 Å². The maximum Gasteiger partial charge on any atom is 0.135 e. The molecule has 0 fully saturated rings. The Hall–Kier alpha value is -5.86. The number of fused-ring (bicyclic) bond motifs is 2. The summed E-state index contributed by atoms with van der Waals surface area (Å²) in [4.78, 5) is 2.31. The van der Waals surface area contributed by atoms with Crippen LogP contribution in [-0.4, -0.2) is 0 Å². The third-order valence-electron chi connectivity index (χ3n) is 8.28. The molecule has 0 aliphatic heterocycles. The summed E-state index contributed by atoms with van der Waals surface area (Å²) in [6.45, 7) is 0. The molecule has 0 saturated heterocycles. The van der Waals surface area contributed by atoms with Crippen molar-refractivity contribution in [3.63, 3.8) is 0 Å². The van der Waals surface area contributed by atoms with Gasteiger partial charge in [0.15, 0.2) is 0 Å². The molecule has 0 unspecified atom stereocenters. The Kier molecular flexibility index (Phi) is 6.51. The lowest BCUT2D eigenvalue weighted by Gasteiger charge is -2.26. The molecule has 44 heavy (non-hydrogen) atoms. The number of anilines is 3. The first-order chi connectivity index (χ1) is 21.8. The topological polar surface area (TPSA) is 16.4 Å². The van der Waals surface area contributed by atoms with Crippen molar-refractivity contribution in [2.45, 2.75) is 0 Å². The molecule has 0 atom stereocenters.